The molecule has 0 bridgehead atoms. The summed E-state index contributed by atoms with van der Waals surface area (Å²) in [7, 11) is -1.28. The number of hydrogen-bond acceptors (Lipinski definition) is 1. The summed E-state index contributed by atoms with van der Waals surface area (Å²) in [6.07, 6.45) is 0.757. The van der Waals surface area contributed by atoms with Crippen LogP contribution < -0.4 is 0 Å². The highest BCUT2D eigenvalue weighted by Gasteiger charge is 2.07. The van der Waals surface area contributed by atoms with Gasteiger partial charge >= 0.3 is 0 Å². The Kier molecular flexibility index (Phi) is 5.72. The topological polar surface area (TPSA) is 20.2 Å². The fourth-order valence-corrected chi connectivity index (χ4v) is 1.95. The highest BCUT2D eigenvalue weighted by Crippen LogP contribution is 2.00. The van der Waals surface area contributed by atoms with Gasteiger partial charge in [-0.15, -0.1) is 11.5 Å². The van der Waals surface area contributed by atoms with Gasteiger partial charge in [-0.25, -0.2) is 0 Å². The zero-order valence-electron chi connectivity index (χ0n) is 11.3. The van der Waals surface area contributed by atoms with Gasteiger partial charge in [-0.05, 0) is 18.6 Å². The molecule has 1 rings (SSSR count). The van der Waals surface area contributed by atoms with E-state index in [-0.39, 0.29) is 0 Å². The third kappa shape index (κ3) is 6.96. The van der Waals surface area contributed by atoms with E-state index in [1.165, 1.54) is 0 Å². The summed E-state index contributed by atoms with van der Waals surface area (Å²) in [6.45, 7) is 6.64. The fourth-order valence-electron chi connectivity index (χ4n) is 1.30. The molecule has 1 N–H and O–H groups in total. The molecule has 0 spiro atoms. The monoisotopic (exact) mass is 256 g/mol. The first-order chi connectivity index (χ1) is 8.47. The molecule has 0 aromatic heterocycles. The van der Waals surface area contributed by atoms with Gasteiger partial charge in [0.1, 0.15) is 14.2 Å². The van der Waals surface area contributed by atoms with Crippen molar-refractivity contribution in [2.75, 3.05) is 0 Å². The molecule has 1 aromatic rings. The molecule has 1 aromatic carbocycles. The Labute approximate surface area is 111 Å². The van der Waals surface area contributed by atoms with E-state index in [2.05, 4.69) is 42.9 Å². The standard InChI is InChI=1S/C16H20OSi/c1-18(2,3)14-8-7-11-16(17)13-12-15-9-5-4-6-10-15/h4-6,9-10,16-17H,7,11H2,1-3H3/t16-/m1/s1. The lowest BCUT2D eigenvalue weighted by Gasteiger charge is -2.03. The minimum atomic E-state index is -1.28. The zero-order valence-corrected chi connectivity index (χ0v) is 12.3. The van der Waals surface area contributed by atoms with E-state index in [0.717, 1.165) is 12.0 Å². The van der Waals surface area contributed by atoms with Crippen molar-refractivity contribution in [2.45, 2.75) is 38.6 Å². The average molecular weight is 256 g/mol. The van der Waals surface area contributed by atoms with Gasteiger partial charge < -0.3 is 5.11 Å². The van der Waals surface area contributed by atoms with Gasteiger partial charge in [0.25, 0.3) is 0 Å². The van der Waals surface area contributed by atoms with Gasteiger partial charge in [0.2, 0.25) is 0 Å². The van der Waals surface area contributed by atoms with E-state index in [1.807, 2.05) is 30.3 Å². The predicted molar refractivity (Wildman–Crippen MR) is 79.7 cm³/mol. The van der Waals surface area contributed by atoms with E-state index < -0.39 is 14.2 Å². The Hall–Kier alpha value is -1.48. The van der Waals surface area contributed by atoms with Crippen molar-refractivity contribution in [2.24, 2.45) is 0 Å². The highest BCUT2D eigenvalue weighted by atomic mass is 28.3. The van der Waals surface area contributed by atoms with Crippen molar-refractivity contribution in [3.63, 3.8) is 0 Å². The first-order valence-electron chi connectivity index (χ1n) is 6.22. The minimum Gasteiger partial charge on any atom is -0.380 e. The average Bonchev–Trinajstić information content (AvgIpc) is 2.32. The van der Waals surface area contributed by atoms with Crippen molar-refractivity contribution < 1.29 is 5.11 Å². The second-order valence-corrected chi connectivity index (χ2v) is 9.99. The molecule has 0 saturated heterocycles. The summed E-state index contributed by atoms with van der Waals surface area (Å²) in [5.41, 5.74) is 4.22. The molecule has 0 radical (unpaired) electrons. The molecule has 2 heteroatoms. The van der Waals surface area contributed by atoms with Gasteiger partial charge in [0.15, 0.2) is 0 Å². The lowest BCUT2D eigenvalue weighted by Crippen LogP contribution is -2.16. The molecule has 94 valence electrons. The largest absolute Gasteiger partial charge is 0.380 e. The van der Waals surface area contributed by atoms with E-state index >= 15 is 0 Å². The van der Waals surface area contributed by atoms with Crippen LogP contribution in [0.15, 0.2) is 30.3 Å². The molecule has 1 atom stereocenters. The second-order valence-electron chi connectivity index (χ2n) is 5.24. The van der Waals surface area contributed by atoms with Crippen molar-refractivity contribution in [3.8, 4) is 23.3 Å². The number of benzene rings is 1. The smallest absolute Gasteiger partial charge is 0.129 e. The summed E-state index contributed by atoms with van der Waals surface area (Å²) >= 11 is 0. The molecular weight excluding hydrogens is 236 g/mol. The second kappa shape index (κ2) is 7.06. The molecule has 1 nitrogen and oxygen atoms in total. The highest BCUT2D eigenvalue weighted by molar-refractivity contribution is 6.83. The number of aliphatic hydroxyl groups is 1. The van der Waals surface area contributed by atoms with Gasteiger partial charge in [-0.3, -0.25) is 0 Å². The zero-order chi connectivity index (χ0) is 13.4. The molecule has 0 heterocycles. The van der Waals surface area contributed by atoms with Crippen LogP contribution in [0.1, 0.15) is 18.4 Å². The van der Waals surface area contributed by atoms with E-state index in [1.54, 1.807) is 0 Å². The van der Waals surface area contributed by atoms with Crippen LogP contribution in [0, 0.1) is 23.3 Å². The Balaban J connectivity index is 2.41. The third-order valence-electron chi connectivity index (χ3n) is 2.16. The van der Waals surface area contributed by atoms with E-state index in [9.17, 15) is 5.11 Å². The van der Waals surface area contributed by atoms with Gasteiger partial charge in [0, 0.05) is 12.0 Å². The number of hydrogen-bond donors (Lipinski definition) is 1. The minimum absolute atomic E-state index is 0.582. The molecular formula is C16H20OSi. The Morgan fingerprint density at radius 3 is 2.44 bits per heavy atom. The Bertz CT molecular complexity index is 477. The fraction of sp³-hybridized carbons (Fsp3) is 0.375. The molecule has 18 heavy (non-hydrogen) atoms. The van der Waals surface area contributed by atoms with Crippen molar-refractivity contribution in [1.82, 2.24) is 0 Å². The van der Waals surface area contributed by atoms with Crippen LogP contribution in [0.2, 0.25) is 19.6 Å². The Morgan fingerprint density at radius 2 is 1.83 bits per heavy atom. The maximum atomic E-state index is 9.71. The van der Waals surface area contributed by atoms with Crippen LogP contribution in [0.5, 0.6) is 0 Å². The van der Waals surface area contributed by atoms with Crippen molar-refractivity contribution >= 4 is 8.07 Å². The van der Waals surface area contributed by atoms with Crippen LogP contribution in [0.4, 0.5) is 0 Å². The normalized spacial score (nSPS) is 11.8. The molecule has 0 aliphatic rings. The maximum absolute atomic E-state index is 9.71. The predicted octanol–water partition coefficient (Wildman–Crippen LogP) is 3.06. The van der Waals surface area contributed by atoms with Crippen LogP contribution in [0.25, 0.3) is 0 Å². The summed E-state index contributed by atoms with van der Waals surface area (Å²) in [5.74, 6) is 8.95. The Morgan fingerprint density at radius 1 is 1.17 bits per heavy atom. The molecule has 0 fully saturated rings. The molecule has 0 amide bonds. The summed E-state index contributed by atoms with van der Waals surface area (Å²) in [5, 5.41) is 9.71. The summed E-state index contributed by atoms with van der Waals surface area (Å²) in [4.78, 5) is 0. The molecule has 0 aliphatic carbocycles. The summed E-state index contributed by atoms with van der Waals surface area (Å²) in [6, 6.07) is 9.70. The van der Waals surface area contributed by atoms with Crippen LogP contribution in [0.3, 0.4) is 0 Å². The van der Waals surface area contributed by atoms with Gasteiger partial charge in [-0.2, -0.15) is 0 Å². The van der Waals surface area contributed by atoms with Crippen molar-refractivity contribution in [3.05, 3.63) is 35.9 Å². The quantitative estimate of drug-likeness (QED) is 0.637. The first-order valence-corrected chi connectivity index (χ1v) is 9.72. The van der Waals surface area contributed by atoms with Gasteiger partial charge in [0.05, 0.1) is 0 Å². The lowest BCUT2D eigenvalue weighted by atomic mass is 10.2. The number of aliphatic hydroxyl groups excluding tert-OH is 1. The third-order valence-corrected chi connectivity index (χ3v) is 3.09. The van der Waals surface area contributed by atoms with Crippen molar-refractivity contribution in [1.29, 1.82) is 0 Å². The first kappa shape index (κ1) is 14.6. The molecule has 0 unspecified atom stereocenters. The van der Waals surface area contributed by atoms with Gasteiger partial charge in [-0.1, -0.05) is 49.7 Å². The van der Waals surface area contributed by atoms with Crippen LogP contribution >= 0.6 is 0 Å². The SMILES string of the molecule is C[Si](C)(C)C#CCC[C@@H](O)C#Cc1ccccc1. The van der Waals surface area contributed by atoms with Crippen LogP contribution in [-0.2, 0) is 0 Å². The van der Waals surface area contributed by atoms with E-state index in [4.69, 9.17) is 0 Å². The maximum Gasteiger partial charge on any atom is 0.129 e. The summed E-state index contributed by atoms with van der Waals surface area (Å²) < 4.78 is 0. The van der Waals surface area contributed by atoms with E-state index in [0.29, 0.717) is 6.42 Å². The molecule has 0 aliphatic heterocycles. The number of rotatable bonds is 2. The van der Waals surface area contributed by atoms with Crippen LogP contribution in [-0.4, -0.2) is 19.3 Å². The lowest BCUT2D eigenvalue weighted by molar-refractivity contribution is 0.224. The molecule has 0 saturated carbocycles.